The van der Waals surface area contributed by atoms with Crippen molar-refractivity contribution in [2.45, 2.75) is 5.37 Å². The van der Waals surface area contributed by atoms with Gasteiger partial charge in [0.2, 0.25) is 0 Å². The van der Waals surface area contributed by atoms with Crippen LogP contribution in [0.3, 0.4) is 0 Å². The van der Waals surface area contributed by atoms with Gasteiger partial charge in [-0.3, -0.25) is 9.59 Å². The minimum absolute atomic E-state index is 0.261. The van der Waals surface area contributed by atoms with Crippen LogP contribution in [-0.4, -0.2) is 39.8 Å². The highest BCUT2D eigenvalue weighted by atomic mass is 32.1. The van der Waals surface area contributed by atoms with E-state index in [0.29, 0.717) is 5.06 Å². The Kier molecular flexibility index (Phi) is 5.78. The fraction of sp³-hybridized carbons (Fsp3) is 0.133. The van der Waals surface area contributed by atoms with Crippen LogP contribution in [0.1, 0.15) is 10.4 Å². The molecule has 0 spiro atoms. The maximum atomic E-state index is 12.4. The Morgan fingerprint density at radius 1 is 1.17 bits per heavy atom. The smallest absolute Gasteiger partial charge is 0.345 e. The van der Waals surface area contributed by atoms with Gasteiger partial charge in [0.1, 0.15) is 6.54 Å². The van der Waals surface area contributed by atoms with Crippen molar-refractivity contribution < 1.29 is 24.2 Å². The number of rotatable bonds is 6. The van der Waals surface area contributed by atoms with Gasteiger partial charge in [0.05, 0.1) is 0 Å². The highest BCUT2D eigenvalue weighted by molar-refractivity contribution is 7.81. The number of nitrogens with zero attached hydrogens (tertiary/aromatic N) is 1. The number of ether oxygens (including phenoxy) is 1. The summed E-state index contributed by atoms with van der Waals surface area (Å²) in [6.45, 7) is -0.665. The molecule has 1 amide bonds. The Morgan fingerprint density at radius 3 is 2.43 bits per heavy atom. The first-order chi connectivity index (χ1) is 11.0. The van der Waals surface area contributed by atoms with Crippen LogP contribution in [0.25, 0.3) is 0 Å². The van der Waals surface area contributed by atoms with Gasteiger partial charge >= 0.3 is 11.9 Å². The quantitative estimate of drug-likeness (QED) is 0.473. The zero-order chi connectivity index (χ0) is 16.8. The van der Waals surface area contributed by atoms with E-state index in [0.717, 1.165) is 4.90 Å². The van der Waals surface area contributed by atoms with Gasteiger partial charge in [-0.25, -0.2) is 4.79 Å². The molecular formula is C15H13NO5S2. The number of carbonyl (C=O) groups excluding carboxylic acids is 2. The second-order valence-electron chi connectivity index (χ2n) is 4.42. The van der Waals surface area contributed by atoms with Crippen LogP contribution in [0.15, 0.2) is 47.8 Å². The van der Waals surface area contributed by atoms with E-state index in [4.69, 9.17) is 9.84 Å². The lowest BCUT2D eigenvalue weighted by Gasteiger charge is -2.25. The van der Waals surface area contributed by atoms with Gasteiger partial charge in [-0.2, -0.15) is 0 Å². The van der Waals surface area contributed by atoms with E-state index in [1.54, 1.807) is 35.7 Å². The molecule has 23 heavy (non-hydrogen) atoms. The van der Waals surface area contributed by atoms with Crippen molar-refractivity contribution >= 4 is 41.8 Å². The Bertz CT molecular complexity index is 687. The largest absolute Gasteiger partial charge is 0.480 e. The summed E-state index contributed by atoms with van der Waals surface area (Å²) in [4.78, 5) is 36.4. The number of carbonyl (C=O) groups is 3. The standard InChI is InChI=1S/C15H13NO5S2/c17-11(18)9-16(13(19)10-5-2-1-3-6-10)14(22)15(20)21-12-7-4-8-23-12/h1-8,14,22H,9H2,(H,17,18). The molecule has 0 bridgehead atoms. The molecule has 2 rings (SSSR count). The molecule has 1 aromatic heterocycles. The second kappa shape index (κ2) is 7.80. The predicted octanol–water partition coefficient (Wildman–Crippen LogP) is 2.14. The highest BCUT2D eigenvalue weighted by Gasteiger charge is 2.31. The normalized spacial score (nSPS) is 11.5. The topological polar surface area (TPSA) is 83.9 Å². The Morgan fingerprint density at radius 2 is 1.87 bits per heavy atom. The zero-order valence-electron chi connectivity index (χ0n) is 11.8. The number of hydrogen-bond acceptors (Lipinski definition) is 6. The molecular weight excluding hydrogens is 338 g/mol. The minimum Gasteiger partial charge on any atom is -0.480 e. The summed E-state index contributed by atoms with van der Waals surface area (Å²) >= 11 is 5.27. The van der Waals surface area contributed by atoms with Crippen LogP contribution >= 0.6 is 24.0 Å². The molecule has 0 saturated carbocycles. The molecule has 6 nitrogen and oxygen atoms in total. The number of thiol groups is 1. The SMILES string of the molecule is O=C(O)CN(C(=O)c1ccccc1)C(S)C(=O)Oc1cccs1. The second-order valence-corrected chi connectivity index (χ2v) is 5.82. The van der Waals surface area contributed by atoms with E-state index >= 15 is 0 Å². The summed E-state index contributed by atoms with van der Waals surface area (Å²) in [5.41, 5.74) is 0.261. The van der Waals surface area contributed by atoms with Crippen LogP contribution in [0.2, 0.25) is 0 Å². The number of benzene rings is 1. The van der Waals surface area contributed by atoms with E-state index < -0.39 is 29.8 Å². The maximum Gasteiger partial charge on any atom is 0.345 e. The Balaban J connectivity index is 2.18. The van der Waals surface area contributed by atoms with E-state index in [-0.39, 0.29) is 5.56 Å². The lowest BCUT2D eigenvalue weighted by molar-refractivity contribution is -0.140. The lowest BCUT2D eigenvalue weighted by atomic mass is 10.2. The van der Waals surface area contributed by atoms with Crippen molar-refractivity contribution in [3.05, 3.63) is 53.4 Å². The summed E-state index contributed by atoms with van der Waals surface area (Å²) in [6, 6.07) is 11.4. The molecule has 0 radical (unpaired) electrons. The molecule has 1 atom stereocenters. The summed E-state index contributed by atoms with van der Waals surface area (Å²) in [5, 5.41) is 9.72. The van der Waals surface area contributed by atoms with E-state index in [2.05, 4.69) is 12.6 Å². The third kappa shape index (κ3) is 4.57. The van der Waals surface area contributed by atoms with E-state index in [1.807, 2.05) is 0 Å². The van der Waals surface area contributed by atoms with E-state index in [9.17, 15) is 14.4 Å². The molecule has 0 aliphatic heterocycles. The van der Waals surface area contributed by atoms with Crippen molar-refractivity contribution in [3.63, 3.8) is 0 Å². The van der Waals surface area contributed by atoms with Crippen molar-refractivity contribution in [2.75, 3.05) is 6.54 Å². The minimum atomic E-state index is -1.33. The average Bonchev–Trinajstić information content (AvgIpc) is 3.05. The summed E-state index contributed by atoms with van der Waals surface area (Å²) in [7, 11) is 0. The fourth-order valence-corrected chi connectivity index (χ4v) is 2.58. The molecule has 1 aromatic carbocycles. The van der Waals surface area contributed by atoms with Crippen LogP contribution in [0.5, 0.6) is 5.06 Å². The number of carboxylic acid groups (broad SMARTS) is 1. The van der Waals surface area contributed by atoms with Gasteiger partial charge in [-0.05, 0) is 29.6 Å². The lowest BCUT2D eigenvalue weighted by Crippen LogP contribution is -2.46. The van der Waals surface area contributed by atoms with Crippen LogP contribution in [0, 0.1) is 0 Å². The third-order valence-electron chi connectivity index (χ3n) is 2.79. The molecule has 1 N–H and O–H groups in total. The fourth-order valence-electron chi connectivity index (χ4n) is 1.76. The van der Waals surface area contributed by atoms with Gasteiger partial charge in [0, 0.05) is 5.56 Å². The molecule has 2 aromatic rings. The number of hydrogen-bond donors (Lipinski definition) is 2. The number of aliphatic carboxylic acids is 1. The number of amides is 1. The summed E-state index contributed by atoms with van der Waals surface area (Å²) in [6.07, 6.45) is 0. The van der Waals surface area contributed by atoms with Crippen LogP contribution in [0.4, 0.5) is 0 Å². The highest BCUT2D eigenvalue weighted by Crippen LogP contribution is 2.20. The average molecular weight is 351 g/mol. The molecule has 0 fully saturated rings. The van der Waals surface area contributed by atoms with Gasteiger partial charge in [-0.15, -0.1) is 24.0 Å². The van der Waals surface area contributed by atoms with E-state index in [1.165, 1.54) is 23.5 Å². The van der Waals surface area contributed by atoms with Crippen molar-refractivity contribution in [1.82, 2.24) is 4.90 Å². The monoisotopic (exact) mass is 351 g/mol. The van der Waals surface area contributed by atoms with Gasteiger partial charge < -0.3 is 14.7 Å². The Hall–Kier alpha value is -2.32. The maximum absolute atomic E-state index is 12.4. The first kappa shape index (κ1) is 17.0. The zero-order valence-corrected chi connectivity index (χ0v) is 13.5. The molecule has 1 unspecified atom stereocenters. The summed E-state index contributed by atoms with van der Waals surface area (Å²) < 4.78 is 5.08. The summed E-state index contributed by atoms with van der Waals surface area (Å²) in [5.74, 6) is -2.69. The molecule has 0 aliphatic carbocycles. The molecule has 0 saturated heterocycles. The number of carboxylic acids is 1. The van der Waals surface area contributed by atoms with Crippen molar-refractivity contribution in [1.29, 1.82) is 0 Å². The van der Waals surface area contributed by atoms with Gasteiger partial charge in [-0.1, -0.05) is 18.2 Å². The third-order valence-corrected chi connectivity index (χ3v) is 4.02. The molecule has 0 aliphatic rings. The molecule has 120 valence electrons. The van der Waals surface area contributed by atoms with Gasteiger partial charge in [0.25, 0.3) is 5.91 Å². The Labute approximate surface area is 141 Å². The predicted molar refractivity (Wildman–Crippen MR) is 87.8 cm³/mol. The molecule has 8 heteroatoms. The van der Waals surface area contributed by atoms with Gasteiger partial charge in [0.15, 0.2) is 10.4 Å². The molecule has 1 heterocycles. The van der Waals surface area contributed by atoms with Crippen LogP contribution < -0.4 is 4.74 Å². The first-order valence-electron chi connectivity index (χ1n) is 6.50. The first-order valence-corrected chi connectivity index (χ1v) is 7.89. The number of esters is 1. The van der Waals surface area contributed by atoms with Crippen LogP contribution in [-0.2, 0) is 9.59 Å². The van der Waals surface area contributed by atoms with Crippen molar-refractivity contribution in [3.8, 4) is 5.06 Å². The number of thiophene rings is 1. The van der Waals surface area contributed by atoms with Crippen molar-refractivity contribution in [2.24, 2.45) is 0 Å².